The van der Waals surface area contributed by atoms with Gasteiger partial charge in [-0.25, -0.2) is 0 Å². The molecule has 0 saturated heterocycles. The zero-order valence-corrected chi connectivity index (χ0v) is 9.34. The van der Waals surface area contributed by atoms with Crippen molar-refractivity contribution in [3.8, 4) is 0 Å². The molecule has 0 aliphatic heterocycles. The molecular weight excluding hydrogens is 218 g/mol. The monoisotopic (exact) mass is 231 g/mol. The fraction of sp³-hybridized carbons (Fsp3) is 0.0909. The van der Waals surface area contributed by atoms with Gasteiger partial charge in [-0.1, -0.05) is 0 Å². The summed E-state index contributed by atoms with van der Waals surface area (Å²) in [6.07, 6.45) is 3.45. The van der Waals surface area contributed by atoms with Gasteiger partial charge in [0.05, 0.1) is 23.1 Å². The molecule has 88 valence electrons. The van der Waals surface area contributed by atoms with Gasteiger partial charge < -0.3 is 16.8 Å². The molecule has 6 heteroatoms. The van der Waals surface area contributed by atoms with Crippen molar-refractivity contribution in [2.75, 3.05) is 11.1 Å². The lowest BCUT2D eigenvalue weighted by Crippen LogP contribution is -2.13. The normalized spacial score (nSPS) is 10.2. The molecule has 0 bridgehead atoms. The predicted molar refractivity (Wildman–Crippen MR) is 65.9 cm³/mol. The maximum Gasteiger partial charge on any atom is 0.250 e. The first-order valence-electron chi connectivity index (χ1n) is 5.01. The van der Waals surface area contributed by atoms with Crippen LogP contribution in [0.4, 0.5) is 17.1 Å². The van der Waals surface area contributed by atoms with Crippen molar-refractivity contribution in [2.45, 2.75) is 0 Å². The molecule has 0 fully saturated rings. The van der Waals surface area contributed by atoms with Crippen LogP contribution in [0.2, 0.25) is 0 Å². The zero-order chi connectivity index (χ0) is 12.4. The number of hydrogen-bond donors (Lipinski definition) is 3. The number of aromatic nitrogens is 2. The molecule has 5 N–H and O–H groups in total. The number of carbonyl (C=O) groups is 1. The van der Waals surface area contributed by atoms with E-state index in [-0.39, 0.29) is 0 Å². The standard InChI is InChI=1S/C11H13N5O/c1-16-6-8(5-14-16)15-10-3-2-7(12)4-9(10)11(13)17/h2-6,15H,12H2,1H3,(H2,13,17). The summed E-state index contributed by atoms with van der Waals surface area (Å²) in [5, 5.41) is 7.08. The molecule has 0 unspecified atom stereocenters. The summed E-state index contributed by atoms with van der Waals surface area (Å²) >= 11 is 0. The lowest BCUT2D eigenvalue weighted by Gasteiger charge is -2.08. The van der Waals surface area contributed by atoms with Crippen molar-refractivity contribution in [2.24, 2.45) is 12.8 Å². The molecule has 6 nitrogen and oxygen atoms in total. The Morgan fingerprint density at radius 1 is 1.47 bits per heavy atom. The molecule has 0 aliphatic carbocycles. The lowest BCUT2D eigenvalue weighted by atomic mass is 10.1. The minimum absolute atomic E-state index is 0.355. The number of aryl methyl sites for hydroxylation is 1. The van der Waals surface area contributed by atoms with Gasteiger partial charge in [0.15, 0.2) is 0 Å². The molecule has 0 atom stereocenters. The fourth-order valence-corrected chi connectivity index (χ4v) is 1.52. The number of anilines is 3. The Labute approximate surface area is 98.2 Å². The van der Waals surface area contributed by atoms with E-state index in [1.54, 1.807) is 35.3 Å². The second-order valence-electron chi connectivity index (χ2n) is 3.70. The Bertz CT molecular complexity index is 561. The third-order valence-corrected chi connectivity index (χ3v) is 2.29. The Balaban J connectivity index is 2.35. The second kappa shape index (κ2) is 4.17. The van der Waals surface area contributed by atoms with Crippen LogP contribution in [0.3, 0.4) is 0 Å². The zero-order valence-electron chi connectivity index (χ0n) is 9.34. The van der Waals surface area contributed by atoms with E-state index in [0.29, 0.717) is 16.9 Å². The van der Waals surface area contributed by atoms with Crippen molar-refractivity contribution >= 4 is 23.0 Å². The van der Waals surface area contributed by atoms with Crippen LogP contribution in [0.25, 0.3) is 0 Å². The summed E-state index contributed by atoms with van der Waals surface area (Å²) in [6, 6.07) is 4.95. The van der Waals surface area contributed by atoms with E-state index in [0.717, 1.165) is 5.69 Å². The molecule has 2 aromatic rings. The first kappa shape index (κ1) is 11.0. The van der Waals surface area contributed by atoms with Gasteiger partial charge in [-0.05, 0) is 18.2 Å². The molecular formula is C11H13N5O. The number of hydrogen-bond acceptors (Lipinski definition) is 4. The van der Waals surface area contributed by atoms with Crippen LogP contribution in [-0.2, 0) is 7.05 Å². The number of carbonyl (C=O) groups excluding carboxylic acids is 1. The van der Waals surface area contributed by atoms with Gasteiger partial charge in [0.25, 0.3) is 5.91 Å². The summed E-state index contributed by atoms with van der Waals surface area (Å²) in [7, 11) is 1.81. The highest BCUT2D eigenvalue weighted by molar-refractivity contribution is 6.00. The molecule has 1 aromatic carbocycles. The van der Waals surface area contributed by atoms with Crippen LogP contribution in [0.1, 0.15) is 10.4 Å². The number of rotatable bonds is 3. The molecule has 17 heavy (non-hydrogen) atoms. The van der Waals surface area contributed by atoms with Gasteiger partial charge in [-0.2, -0.15) is 5.10 Å². The Morgan fingerprint density at radius 2 is 2.24 bits per heavy atom. The van der Waals surface area contributed by atoms with E-state index < -0.39 is 5.91 Å². The maximum atomic E-state index is 11.3. The quantitative estimate of drug-likeness (QED) is 0.682. The lowest BCUT2D eigenvalue weighted by molar-refractivity contribution is 0.100. The molecule has 0 radical (unpaired) electrons. The third kappa shape index (κ3) is 2.36. The average Bonchev–Trinajstić information content (AvgIpc) is 2.66. The number of nitrogens with two attached hydrogens (primary N) is 2. The van der Waals surface area contributed by atoms with E-state index in [1.165, 1.54) is 0 Å². The molecule has 0 spiro atoms. The number of amides is 1. The topological polar surface area (TPSA) is 99.0 Å². The van der Waals surface area contributed by atoms with Crippen LogP contribution in [0.15, 0.2) is 30.6 Å². The predicted octanol–water partition coefficient (Wildman–Crippen LogP) is 0.845. The van der Waals surface area contributed by atoms with Crippen molar-refractivity contribution < 1.29 is 4.79 Å². The maximum absolute atomic E-state index is 11.3. The highest BCUT2D eigenvalue weighted by Gasteiger charge is 2.09. The van der Waals surface area contributed by atoms with Crippen LogP contribution >= 0.6 is 0 Å². The summed E-state index contributed by atoms with van der Waals surface area (Å²) < 4.78 is 1.66. The smallest absolute Gasteiger partial charge is 0.250 e. The van der Waals surface area contributed by atoms with Gasteiger partial charge in [0.1, 0.15) is 0 Å². The van der Waals surface area contributed by atoms with E-state index >= 15 is 0 Å². The Hall–Kier alpha value is -2.50. The Morgan fingerprint density at radius 3 is 2.82 bits per heavy atom. The molecule has 2 rings (SSSR count). The molecule has 1 heterocycles. The van der Waals surface area contributed by atoms with E-state index in [2.05, 4.69) is 10.4 Å². The molecule has 0 saturated carbocycles. The first-order valence-corrected chi connectivity index (χ1v) is 5.01. The summed E-state index contributed by atoms with van der Waals surface area (Å²) in [6.45, 7) is 0. The van der Waals surface area contributed by atoms with Crippen molar-refractivity contribution in [3.05, 3.63) is 36.2 Å². The molecule has 1 aromatic heterocycles. The number of benzene rings is 1. The number of nitrogens with zero attached hydrogens (tertiary/aromatic N) is 2. The van der Waals surface area contributed by atoms with Crippen LogP contribution in [0, 0.1) is 0 Å². The SMILES string of the molecule is Cn1cc(Nc2ccc(N)cc2C(N)=O)cn1. The van der Waals surface area contributed by atoms with Crippen LogP contribution in [0.5, 0.6) is 0 Å². The minimum Gasteiger partial charge on any atom is -0.399 e. The number of primary amides is 1. The minimum atomic E-state index is -0.524. The second-order valence-corrected chi connectivity index (χ2v) is 3.70. The average molecular weight is 231 g/mol. The Kier molecular flexibility index (Phi) is 2.70. The first-order chi connectivity index (χ1) is 8.06. The molecule has 0 aliphatic rings. The highest BCUT2D eigenvalue weighted by atomic mass is 16.1. The third-order valence-electron chi connectivity index (χ3n) is 2.29. The van der Waals surface area contributed by atoms with Crippen molar-refractivity contribution in [3.63, 3.8) is 0 Å². The van der Waals surface area contributed by atoms with Gasteiger partial charge >= 0.3 is 0 Å². The summed E-state index contributed by atoms with van der Waals surface area (Å²) in [5.41, 5.74) is 13.1. The van der Waals surface area contributed by atoms with E-state index in [9.17, 15) is 4.79 Å². The van der Waals surface area contributed by atoms with Crippen LogP contribution < -0.4 is 16.8 Å². The molecule has 1 amide bonds. The number of nitrogens with one attached hydrogen (secondary N) is 1. The van der Waals surface area contributed by atoms with Gasteiger partial charge in [0.2, 0.25) is 0 Å². The van der Waals surface area contributed by atoms with Crippen molar-refractivity contribution in [1.29, 1.82) is 0 Å². The van der Waals surface area contributed by atoms with E-state index in [4.69, 9.17) is 11.5 Å². The summed E-state index contributed by atoms with van der Waals surface area (Å²) in [4.78, 5) is 11.3. The fourth-order valence-electron chi connectivity index (χ4n) is 1.52. The van der Waals surface area contributed by atoms with E-state index in [1.807, 2.05) is 7.05 Å². The highest BCUT2D eigenvalue weighted by Crippen LogP contribution is 2.22. The summed E-state index contributed by atoms with van der Waals surface area (Å²) in [5.74, 6) is -0.524. The van der Waals surface area contributed by atoms with Gasteiger partial charge in [-0.15, -0.1) is 0 Å². The van der Waals surface area contributed by atoms with Crippen molar-refractivity contribution in [1.82, 2.24) is 9.78 Å². The van der Waals surface area contributed by atoms with Crippen LogP contribution in [-0.4, -0.2) is 15.7 Å². The number of nitrogen functional groups attached to an aromatic ring is 1. The van der Waals surface area contributed by atoms with Gasteiger partial charge in [-0.3, -0.25) is 9.48 Å². The van der Waals surface area contributed by atoms with Gasteiger partial charge in [0, 0.05) is 18.9 Å². The largest absolute Gasteiger partial charge is 0.399 e.